The first-order valence-corrected chi connectivity index (χ1v) is 7.36. The molecule has 0 spiro atoms. The lowest BCUT2D eigenvalue weighted by Crippen LogP contribution is -2.61. The summed E-state index contributed by atoms with van der Waals surface area (Å²) < 4.78 is 5.07. The summed E-state index contributed by atoms with van der Waals surface area (Å²) in [5.74, 6) is 1.91. The molecule has 1 aliphatic heterocycles. The van der Waals surface area contributed by atoms with Crippen LogP contribution in [0.3, 0.4) is 0 Å². The van der Waals surface area contributed by atoms with Crippen LogP contribution >= 0.6 is 11.8 Å². The molecular formula is C12H13N5O2S. The molecule has 1 aliphatic rings. The van der Waals surface area contributed by atoms with Gasteiger partial charge in [0.15, 0.2) is 0 Å². The van der Waals surface area contributed by atoms with Crippen molar-refractivity contribution in [1.29, 1.82) is 0 Å². The lowest BCUT2D eigenvalue weighted by Gasteiger charge is -2.17. The average molecular weight is 291 g/mol. The van der Waals surface area contributed by atoms with Gasteiger partial charge < -0.3 is 5.11 Å². The van der Waals surface area contributed by atoms with Crippen LogP contribution in [0.25, 0.3) is 0 Å². The van der Waals surface area contributed by atoms with Crippen LogP contribution in [0.1, 0.15) is 5.56 Å². The second-order valence-corrected chi connectivity index (χ2v) is 5.41. The summed E-state index contributed by atoms with van der Waals surface area (Å²) >= 11 is 1.91. The van der Waals surface area contributed by atoms with Gasteiger partial charge in [0, 0.05) is 35.4 Å². The van der Waals surface area contributed by atoms with Crippen LogP contribution in [0.5, 0.6) is 0 Å². The van der Waals surface area contributed by atoms with E-state index in [1.165, 1.54) is 6.20 Å². The highest BCUT2D eigenvalue weighted by Crippen LogP contribution is 2.10. The van der Waals surface area contributed by atoms with Gasteiger partial charge in [0.1, 0.15) is 0 Å². The Morgan fingerprint density at radius 2 is 2.30 bits per heavy atom. The van der Waals surface area contributed by atoms with Crippen LogP contribution in [-0.2, 0) is 0 Å². The predicted molar refractivity (Wildman–Crippen MR) is 72.4 cm³/mol. The maximum atomic E-state index is 11.9. The summed E-state index contributed by atoms with van der Waals surface area (Å²) in [6.45, 7) is 1.80. The Kier molecular flexibility index (Phi) is 3.82. The van der Waals surface area contributed by atoms with E-state index in [1.54, 1.807) is 29.3 Å². The van der Waals surface area contributed by atoms with Crippen molar-refractivity contribution < 1.29 is 14.4 Å². The van der Waals surface area contributed by atoms with E-state index in [-0.39, 0.29) is 5.88 Å². The molecule has 0 amide bonds. The highest BCUT2D eigenvalue weighted by atomic mass is 32.2. The first-order chi connectivity index (χ1) is 9.83. The second-order valence-electron chi connectivity index (χ2n) is 4.19. The van der Waals surface area contributed by atoms with Crippen molar-refractivity contribution in [2.75, 3.05) is 29.6 Å². The number of aromatic nitrogens is 3. The van der Waals surface area contributed by atoms with Crippen molar-refractivity contribution in [3.05, 3.63) is 36.3 Å². The number of hydrogen-bond donors (Lipinski definition) is 0. The molecule has 0 saturated carbocycles. The van der Waals surface area contributed by atoms with Crippen molar-refractivity contribution in [3.8, 4) is 0 Å². The van der Waals surface area contributed by atoms with Gasteiger partial charge in [-0.25, -0.2) is 4.99 Å². The van der Waals surface area contributed by atoms with Gasteiger partial charge in [-0.3, -0.25) is 9.51 Å². The van der Waals surface area contributed by atoms with Crippen LogP contribution in [0.15, 0.2) is 40.2 Å². The van der Waals surface area contributed by atoms with Gasteiger partial charge in [-0.1, -0.05) is 6.07 Å². The molecule has 3 rings (SSSR count). The summed E-state index contributed by atoms with van der Waals surface area (Å²) in [7, 11) is 0. The Bertz CT molecular complexity index is 595. The molecule has 1 fully saturated rings. The molecule has 104 valence electrons. The number of nitrogens with zero attached hydrogens (tertiary/aromatic N) is 5. The lowest BCUT2D eigenvalue weighted by molar-refractivity contribution is -0.757. The van der Waals surface area contributed by atoms with E-state index in [9.17, 15) is 5.11 Å². The Hall–Kier alpha value is -2.09. The SMILES string of the molecule is [O-]C(=Nc1c[n+](N2CCSCC2)no1)c1cccnc1. The van der Waals surface area contributed by atoms with Crippen LogP contribution in [0.4, 0.5) is 5.88 Å². The minimum Gasteiger partial charge on any atom is -0.858 e. The third-order valence-electron chi connectivity index (χ3n) is 2.84. The molecule has 0 N–H and O–H groups in total. The first kappa shape index (κ1) is 12.9. The van der Waals surface area contributed by atoms with Gasteiger partial charge in [-0.05, 0) is 6.07 Å². The smallest absolute Gasteiger partial charge is 0.324 e. The third-order valence-corrected chi connectivity index (χ3v) is 3.78. The number of hydrogen-bond acceptors (Lipinski definition) is 7. The first-order valence-electron chi connectivity index (χ1n) is 6.21. The zero-order valence-corrected chi connectivity index (χ0v) is 11.5. The Balaban J connectivity index is 1.76. The second kappa shape index (κ2) is 5.91. The van der Waals surface area contributed by atoms with Gasteiger partial charge in [0.05, 0.1) is 17.9 Å². The van der Waals surface area contributed by atoms with Crippen LogP contribution in [0.2, 0.25) is 0 Å². The maximum Gasteiger partial charge on any atom is 0.324 e. The van der Waals surface area contributed by atoms with Crippen LogP contribution in [-0.4, -0.2) is 40.7 Å². The molecule has 0 aromatic carbocycles. The largest absolute Gasteiger partial charge is 0.858 e. The van der Waals surface area contributed by atoms with E-state index in [4.69, 9.17) is 4.52 Å². The molecule has 8 heteroatoms. The maximum absolute atomic E-state index is 11.9. The zero-order valence-electron chi connectivity index (χ0n) is 10.7. The predicted octanol–water partition coefficient (Wildman–Crippen LogP) is -0.520. The highest BCUT2D eigenvalue weighted by molar-refractivity contribution is 7.99. The fraction of sp³-hybridized carbons (Fsp3) is 0.333. The van der Waals surface area contributed by atoms with Gasteiger partial charge in [0.2, 0.25) is 5.27 Å². The number of thioether (sulfide) groups is 1. The molecule has 2 aromatic heterocycles. The molecular weight excluding hydrogens is 278 g/mol. The summed E-state index contributed by atoms with van der Waals surface area (Å²) in [6.07, 6.45) is 4.69. The van der Waals surface area contributed by atoms with Gasteiger partial charge in [0.25, 0.3) is 6.20 Å². The summed E-state index contributed by atoms with van der Waals surface area (Å²) in [5.41, 5.74) is 0.421. The molecule has 0 radical (unpaired) electrons. The normalized spacial score (nSPS) is 16.4. The molecule has 0 aliphatic carbocycles. The topological polar surface area (TPSA) is 81.5 Å². The standard InChI is InChI=1S/C12H13N5O2S/c18-12(10-2-1-3-13-8-10)14-11-9-17(15-19-11)16-4-6-20-7-5-16/h1-3,8-9H,4-7H2. The van der Waals surface area contributed by atoms with Gasteiger partial charge >= 0.3 is 5.88 Å². The zero-order chi connectivity index (χ0) is 13.8. The van der Waals surface area contributed by atoms with Crippen LogP contribution < -0.4 is 14.9 Å². The summed E-state index contributed by atoms with van der Waals surface area (Å²) in [6, 6.07) is 3.35. The monoisotopic (exact) mass is 291 g/mol. The molecule has 7 nitrogen and oxygen atoms in total. The third kappa shape index (κ3) is 2.90. The van der Waals surface area contributed by atoms with E-state index in [2.05, 4.69) is 15.2 Å². The number of rotatable bonds is 3. The number of aliphatic imine (C=N–C) groups is 1. The summed E-state index contributed by atoms with van der Waals surface area (Å²) in [4.78, 5) is 9.37. The molecule has 1 saturated heterocycles. The van der Waals surface area contributed by atoms with E-state index in [0.717, 1.165) is 24.6 Å². The van der Waals surface area contributed by atoms with Crippen molar-refractivity contribution in [1.82, 2.24) is 10.3 Å². The lowest BCUT2D eigenvalue weighted by atomic mass is 10.3. The van der Waals surface area contributed by atoms with Crippen molar-refractivity contribution in [2.45, 2.75) is 0 Å². The van der Waals surface area contributed by atoms with Crippen LogP contribution in [0, 0.1) is 0 Å². The molecule has 3 heterocycles. The molecule has 0 atom stereocenters. The van der Waals surface area contributed by atoms with Gasteiger partial charge in [-0.15, -0.1) is 0 Å². The van der Waals surface area contributed by atoms with E-state index >= 15 is 0 Å². The van der Waals surface area contributed by atoms with E-state index in [0.29, 0.717) is 5.56 Å². The average Bonchev–Trinajstić information content (AvgIpc) is 2.97. The Labute approximate surface area is 119 Å². The Morgan fingerprint density at radius 3 is 3.05 bits per heavy atom. The fourth-order valence-corrected chi connectivity index (χ4v) is 2.71. The van der Waals surface area contributed by atoms with Crippen molar-refractivity contribution in [3.63, 3.8) is 0 Å². The minimum atomic E-state index is -0.393. The summed E-state index contributed by atoms with van der Waals surface area (Å²) in [5, 5.41) is 17.8. The van der Waals surface area contributed by atoms with Crippen molar-refractivity contribution >= 4 is 23.5 Å². The molecule has 2 aromatic rings. The van der Waals surface area contributed by atoms with E-state index in [1.807, 2.05) is 16.8 Å². The minimum absolute atomic E-state index is 0.192. The molecule has 20 heavy (non-hydrogen) atoms. The molecule has 0 bridgehead atoms. The van der Waals surface area contributed by atoms with Gasteiger partial charge in [-0.2, -0.15) is 16.8 Å². The molecule has 0 unspecified atom stereocenters. The van der Waals surface area contributed by atoms with Crippen molar-refractivity contribution in [2.24, 2.45) is 4.99 Å². The number of pyridine rings is 1. The fourth-order valence-electron chi connectivity index (χ4n) is 1.82. The quantitative estimate of drug-likeness (QED) is 0.430. The highest BCUT2D eigenvalue weighted by Gasteiger charge is 2.22. The Morgan fingerprint density at radius 1 is 1.45 bits per heavy atom. The van der Waals surface area contributed by atoms with E-state index < -0.39 is 5.90 Å².